The molecule has 4 rings (SSSR count). The van der Waals surface area contributed by atoms with E-state index in [4.69, 9.17) is 0 Å². The summed E-state index contributed by atoms with van der Waals surface area (Å²) >= 11 is 0. The van der Waals surface area contributed by atoms with Crippen molar-refractivity contribution in [2.45, 2.75) is 18.9 Å². The fourth-order valence-corrected chi connectivity index (χ4v) is 3.59. The van der Waals surface area contributed by atoms with E-state index in [1.54, 1.807) is 11.0 Å². The minimum atomic E-state index is -0.371. The fourth-order valence-electron chi connectivity index (χ4n) is 3.59. The summed E-state index contributed by atoms with van der Waals surface area (Å²) in [7, 11) is 0. The van der Waals surface area contributed by atoms with Crippen LogP contribution in [0.5, 0.6) is 0 Å². The Bertz CT molecular complexity index is 749. The van der Waals surface area contributed by atoms with Gasteiger partial charge < -0.3 is 9.80 Å². The van der Waals surface area contributed by atoms with Crippen molar-refractivity contribution >= 4 is 23.1 Å². The molecule has 0 N–H and O–H groups in total. The largest absolute Gasteiger partial charge is 0.371 e. The average molecular weight is 306 g/mol. The Hall–Kier alpha value is -2.62. The number of hydrogen-bond acceptors (Lipinski definition) is 3. The molecule has 0 bridgehead atoms. The number of fused-ring (bicyclic) bond motifs is 1. The van der Waals surface area contributed by atoms with Gasteiger partial charge in [0.25, 0.3) is 11.7 Å². The summed E-state index contributed by atoms with van der Waals surface area (Å²) < 4.78 is 0. The highest BCUT2D eigenvalue weighted by Gasteiger charge is 2.40. The molecule has 23 heavy (non-hydrogen) atoms. The molecule has 2 aromatic rings. The number of nitrogens with zero attached hydrogens (tertiary/aromatic N) is 2. The molecule has 0 atom stereocenters. The molecule has 116 valence electrons. The van der Waals surface area contributed by atoms with E-state index < -0.39 is 0 Å². The summed E-state index contributed by atoms with van der Waals surface area (Å²) in [4.78, 5) is 28.6. The van der Waals surface area contributed by atoms with Crippen LogP contribution in [-0.2, 0) is 4.79 Å². The van der Waals surface area contributed by atoms with E-state index >= 15 is 0 Å². The van der Waals surface area contributed by atoms with Gasteiger partial charge in [-0.1, -0.05) is 30.3 Å². The molecule has 1 saturated heterocycles. The van der Waals surface area contributed by atoms with Crippen molar-refractivity contribution < 1.29 is 9.59 Å². The normalized spacial score (nSPS) is 18.4. The third kappa shape index (κ3) is 2.31. The number of Topliss-reactive ketones (excluding diaryl/α,β-unsaturated/α-hetero) is 1. The van der Waals surface area contributed by atoms with Gasteiger partial charge in [0.15, 0.2) is 0 Å². The van der Waals surface area contributed by atoms with Gasteiger partial charge in [0.2, 0.25) is 0 Å². The van der Waals surface area contributed by atoms with E-state index in [1.165, 1.54) is 5.69 Å². The van der Waals surface area contributed by atoms with Crippen LogP contribution in [0.2, 0.25) is 0 Å². The zero-order chi connectivity index (χ0) is 15.8. The molecule has 1 amide bonds. The highest BCUT2D eigenvalue weighted by Crippen LogP contribution is 2.33. The Morgan fingerprint density at radius 3 is 2.22 bits per heavy atom. The summed E-state index contributed by atoms with van der Waals surface area (Å²) in [5.74, 6) is -0.740. The summed E-state index contributed by atoms with van der Waals surface area (Å²) in [6.07, 6.45) is 1.75. The molecule has 2 aliphatic heterocycles. The minimum Gasteiger partial charge on any atom is -0.371 e. The molecule has 0 aromatic heterocycles. The van der Waals surface area contributed by atoms with E-state index in [0.29, 0.717) is 5.56 Å². The number of piperidine rings is 1. The van der Waals surface area contributed by atoms with Crippen LogP contribution in [0.15, 0.2) is 54.6 Å². The highest BCUT2D eigenvalue weighted by atomic mass is 16.2. The van der Waals surface area contributed by atoms with Gasteiger partial charge in [-0.3, -0.25) is 9.59 Å². The summed E-state index contributed by atoms with van der Waals surface area (Å²) in [6.45, 7) is 1.80. The van der Waals surface area contributed by atoms with Crippen LogP contribution in [0, 0.1) is 0 Å². The van der Waals surface area contributed by atoms with E-state index in [0.717, 1.165) is 31.6 Å². The number of ketones is 1. The van der Waals surface area contributed by atoms with Crippen molar-refractivity contribution in [2.75, 3.05) is 22.9 Å². The number of rotatable bonds is 2. The van der Waals surface area contributed by atoms with Crippen molar-refractivity contribution in [3.05, 3.63) is 60.2 Å². The van der Waals surface area contributed by atoms with Crippen LogP contribution >= 0.6 is 0 Å². The molecule has 0 spiro atoms. The van der Waals surface area contributed by atoms with E-state index in [1.807, 2.05) is 36.4 Å². The maximum Gasteiger partial charge on any atom is 0.299 e. The van der Waals surface area contributed by atoms with Crippen molar-refractivity contribution in [1.29, 1.82) is 0 Å². The second kappa shape index (κ2) is 5.54. The lowest BCUT2D eigenvalue weighted by atomic mass is 10.0. The SMILES string of the molecule is O=C1C(=O)N(C2CCN(c3ccccc3)CC2)c2ccccc21. The molecular weight excluding hydrogens is 288 g/mol. The fraction of sp³-hybridized carbons (Fsp3) is 0.263. The third-order valence-electron chi connectivity index (χ3n) is 4.77. The number of anilines is 2. The Labute approximate surface area is 135 Å². The topological polar surface area (TPSA) is 40.6 Å². The van der Waals surface area contributed by atoms with Crippen molar-refractivity contribution in [1.82, 2.24) is 0 Å². The zero-order valence-corrected chi connectivity index (χ0v) is 12.8. The molecule has 1 fully saturated rings. The van der Waals surface area contributed by atoms with Gasteiger partial charge in [0.1, 0.15) is 0 Å². The van der Waals surface area contributed by atoms with Crippen LogP contribution in [0.4, 0.5) is 11.4 Å². The molecular formula is C19H18N2O2. The van der Waals surface area contributed by atoms with Gasteiger partial charge in [0, 0.05) is 24.8 Å². The lowest BCUT2D eigenvalue weighted by Crippen LogP contribution is -2.47. The van der Waals surface area contributed by atoms with Gasteiger partial charge in [-0.25, -0.2) is 0 Å². The first-order valence-electron chi connectivity index (χ1n) is 8.02. The Morgan fingerprint density at radius 1 is 0.826 bits per heavy atom. The molecule has 0 unspecified atom stereocenters. The van der Waals surface area contributed by atoms with Crippen molar-refractivity contribution in [2.24, 2.45) is 0 Å². The van der Waals surface area contributed by atoms with Gasteiger partial charge >= 0.3 is 0 Å². The van der Waals surface area contributed by atoms with E-state index in [2.05, 4.69) is 17.0 Å². The Kier molecular flexibility index (Phi) is 3.37. The summed E-state index contributed by atoms with van der Waals surface area (Å²) in [5.41, 5.74) is 2.54. The number of amides is 1. The molecule has 2 aliphatic rings. The molecule has 4 heteroatoms. The zero-order valence-electron chi connectivity index (χ0n) is 12.8. The van der Waals surface area contributed by atoms with Gasteiger partial charge in [-0.2, -0.15) is 0 Å². The van der Waals surface area contributed by atoms with Gasteiger partial charge in [-0.05, 0) is 37.1 Å². The van der Waals surface area contributed by atoms with Crippen LogP contribution in [-0.4, -0.2) is 30.8 Å². The highest BCUT2D eigenvalue weighted by molar-refractivity contribution is 6.52. The first-order valence-corrected chi connectivity index (χ1v) is 8.02. The molecule has 0 saturated carbocycles. The predicted octanol–water partition coefficient (Wildman–Crippen LogP) is 2.88. The predicted molar refractivity (Wildman–Crippen MR) is 89.9 cm³/mol. The van der Waals surface area contributed by atoms with Crippen molar-refractivity contribution in [3.63, 3.8) is 0 Å². The number of hydrogen-bond donors (Lipinski definition) is 0. The molecule has 2 heterocycles. The lowest BCUT2D eigenvalue weighted by Gasteiger charge is -2.37. The molecule has 0 aliphatic carbocycles. The van der Waals surface area contributed by atoms with Crippen LogP contribution in [0.25, 0.3) is 0 Å². The minimum absolute atomic E-state index is 0.107. The van der Waals surface area contributed by atoms with Gasteiger partial charge in [0.05, 0.1) is 11.3 Å². The maximum atomic E-state index is 12.4. The monoisotopic (exact) mass is 306 g/mol. The quantitative estimate of drug-likeness (QED) is 0.801. The Balaban J connectivity index is 1.53. The summed E-state index contributed by atoms with van der Waals surface area (Å²) in [6, 6.07) is 17.7. The smallest absolute Gasteiger partial charge is 0.299 e. The first kappa shape index (κ1) is 14.0. The van der Waals surface area contributed by atoms with Crippen molar-refractivity contribution in [3.8, 4) is 0 Å². The lowest BCUT2D eigenvalue weighted by molar-refractivity contribution is -0.114. The average Bonchev–Trinajstić information content (AvgIpc) is 2.87. The number of carbonyl (C=O) groups excluding carboxylic acids is 2. The number of benzene rings is 2. The standard InChI is InChI=1S/C19H18N2O2/c22-18-16-8-4-5-9-17(16)21(19(18)23)15-10-12-20(13-11-15)14-6-2-1-3-7-14/h1-9,15H,10-13H2. The summed E-state index contributed by atoms with van der Waals surface area (Å²) in [5, 5.41) is 0. The van der Waals surface area contributed by atoms with E-state index in [-0.39, 0.29) is 17.7 Å². The second-order valence-corrected chi connectivity index (χ2v) is 6.08. The molecule has 2 aromatic carbocycles. The van der Waals surface area contributed by atoms with Crippen LogP contribution in [0.3, 0.4) is 0 Å². The van der Waals surface area contributed by atoms with Gasteiger partial charge in [-0.15, -0.1) is 0 Å². The first-order chi connectivity index (χ1) is 11.3. The molecule has 0 radical (unpaired) electrons. The number of carbonyl (C=O) groups is 2. The van der Waals surface area contributed by atoms with E-state index in [9.17, 15) is 9.59 Å². The number of para-hydroxylation sites is 2. The van der Waals surface area contributed by atoms with Crippen LogP contribution < -0.4 is 9.80 Å². The molecule has 4 nitrogen and oxygen atoms in total. The maximum absolute atomic E-state index is 12.4. The second-order valence-electron chi connectivity index (χ2n) is 6.08. The Morgan fingerprint density at radius 2 is 1.48 bits per heavy atom. The van der Waals surface area contributed by atoms with Crippen LogP contribution in [0.1, 0.15) is 23.2 Å². The third-order valence-corrected chi connectivity index (χ3v) is 4.77.